The van der Waals surface area contributed by atoms with Gasteiger partial charge in [-0.05, 0) is 42.6 Å². The first-order valence-corrected chi connectivity index (χ1v) is 9.72. The Bertz CT molecular complexity index is 612. The second-order valence-corrected chi connectivity index (χ2v) is 9.73. The highest BCUT2D eigenvalue weighted by atomic mass is 16.5. The molecule has 1 saturated carbocycles. The molecule has 25 heavy (non-hydrogen) atoms. The van der Waals surface area contributed by atoms with E-state index in [0.29, 0.717) is 11.5 Å². The van der Waals surface area contributed by atoms with Crippen LogP contribution in [0.4, 0.5) is 0 Å². The maximum atomic E-state index is 6.87. The fourth-order valence-corrected chi connectivity index (χ4v) is 6.42. The smallest absolute Gasteiger partial charge is 0.0906 e. The summed E-state index contributed by atoms with van der Waals surface area (Å²) in [4.78, 5) is 2.79. The average Bonchev–Trinajstić information content (AvgIpc) is 3.08. The monoisotopic (exact) mass is 338 g/mol. The van der Waals surface area contributed by atoms with E-state index in [-0.39, 0.29) is 19.4 Å². The van der Waals surface area contributed by atoms with Gasteiger partial charge in [0.2, 0.25) is 0 Å². The van der Waals surface area contributed by atoms with Gasteiger partial charge in [0.05, 0.1) is 12.2 Å². The average molecular weight is 338 g/mol. The van der Waals surface area contributed by atoms with Crippen molar-refractivity contribution >= 4 is 8.41 Å². The summed E-state index contributed by atoms with van der Waals surface area (Å²) in [6.07, 6.45) is 2.71. The maximum Gasteiger partial charge on any atom is 0.0906 e. The molecule has 0 bridgehead atoms. The highest BCUT2D eigenvalue weighted by Crippen LogP contribution is 2.64. The van der Waals surface area contributed by atoms with Crippen LogP contribution in [0.5, 0.6) is 0 Å². The Labute approximate surface area is 155 Å². The number of nitrogens with zero attached hydrogens (tertiary/aromatic N) is 1. The van der Waals surface area contributed by atoms with Crippen molar-refractivity contribution in [2.24, 2.45) is 23.2 Å². The van der Waals surface area contributed by atoms with E-state index in [0.717, 1.165) is 25.0 Å². The van der Waals surface area contributed by atoms with Crippen LogP contribution in [0, 0.1) is 23.2 Å². The quantitative estimate of drug-likeness (QED) is 0.760. The van der Waals surface area contributed by atoms with Gasteiger partial charge in [-0.1, -0.05) is 58.0 Å². The zero-order valence-corrected chi connectivity index (χ0v) is 16.6. The molecular weight excluding hydrogens is 305 g/mol. The molecule has 0 aromatic heterocycles. The molecule has 1 aromatic carbocycles. The molecule has 1 aromatic rings. The van der Waals surface area contributed by atoms with Crippen molar-refractivity contribution < 1.29 is 4.74 Å². The molecule has 2 nitrogen and oxygen atoms in total. The van der Waals surface area contributed by atoms with Gasteiger partial charge < -0.3 is 4.74 Å². The van der Waals surface area contributed by atoms with Crippen molar-refractivity contribution in [3.8, 4) is 0 Å². The Hall–Kier alpha value is -0.795. The van der Waals surface area contributed by atoms with E-state index in [2.05, 4.69) is 69.9 Å². The van der Waals surface area contributed by atoms with Gasteiger partial charge in [-0.3, -0.25) is 4.90 Å². The van der Waals surface area contributed by atoms with Crippen LogP contribution in [0.2, 0.25) is 0 Å². The minimum atomic E-state index is -0.0352. The van der Waals surface area contributed by atoms with E-state index in [1.165, 1.54) is 24.9 Å². The minimum Gasteiger partial charge on any atom is -0.368 e. The summed E-state index contributed by atoms with van der Waals surface area (Å²) in [5.41, 5.74) is 1.76. The topological polar surface area (TPSA) is 12.5 Å². The van der Waals surface area contributed by atoms with Crippen molar-refractivity contribution in [2.75, 3.05) is 13.1 Å². The SMILES string of the molecule is C[C@@H]1CN2C[C@](OCc3ccccc3)(C(C)(C)C)[C@H]3CC[C@@H]1[C@]32C.[B]. The molecule has 0 unspecified atom stereocenters. The highest BCUT2D eigenvalue weighted by molar-refractivity contribution is 5.75. The molecule has 3 heteroatoms. The van der Waals surface area contributed by atoms with Crippen LogP contribution in [0.3, 0.4) is 0 Å². The van der Waals surface area contributed by atoms with Gasteiger partial charge in [-0.2, -0.15) is 0 Å². The van der Waals surface area contributed by atoms with Crippen molar-refractivity contribution in [2.45, 2.75) is 65.2 Å². The third-order valence-corrected chi connectivity index (χ3v) is 7.70. The Morgan fingerprint density at radius 2 is 1.84 bits per heavy atom. The van der Waals surface area contributed by atoms with E-state index in [9.17, 15) is 0 Å². The normalized spacial score (nSPS) is 40.1. The van der Waals surface area contributed by atoms with Crippen LogP contribution in [0.25, 0.3) is 0 Å². The van der Waals surface area contributed by atoms with Gasteiger partial charge in [0.15, 0.2) is 0 Å². The number of hydrogen-bond donors (Lipinski definition) is 0. The first-order valence-electron chi connectivity index (χ1n) is 9.72. The highest BCUT2D eigenvalue weighted by Gasteiger charge is 2.71. The van der Waals surface area contributed by atoms with Crippen LogP contribution in [-0.4, -0.2) is 37.5 Å². The molecule has 3 fully saturated rings. The molecule has 5 atom stereocenters. The van der Waals surface area contributed by atoms with E-state index in [4.69, 9.17) is 4.74 Å². The first kappa shape index (κ1) is 19.0. The minimum absolute atomic E-state index is 0. The number of benzene rings is 1. The van der Waals surface area contributed by atoms with Gasteiger partial charge in [0, 0.05) is 33.0 Å². The fraction of sp³-hybridized carbons (Fsp3) is 0.727. The van der Waals surface area contributed by atoms with Gasteiger partial charge in [-0.15, -0.1) is 0 Å². The van der Waals surface area contributed by atoms with Crippen LogP contribution >= 0.6 is 0 Å². The summed E-state index contributed by atoms with van der Waals surface area (Å²) in [6, 6.07) is 10.7. The second kappa shape index (κ2) is 6.13. The van der Waals surface area contributed by atoms with Crippen LogP contribution < -0.4 is 0 Å². The third kappa shape index (κ3) is 2.53. The number of hydrogen-bond acceptors (Lipinski definition) is 2. The summed E-state index contributed by atoms with van der Waals surface area (Å²) in [7, 11) is 0. The predicted molar refractivity (Wildman–Crippen MR) is 105 cm³/mol. The lowest BCUT2D eigenvalue weighted by Crippen LogP contribution is -2.53. The second-order valence-electron chi connectivity index (χ2n) is 9.73. The van der Waals surface area contributed by atoms with Gasteiger partial charge in [0.1, 0.15) is 0 Å². The van der Waals surface area contributed by atoms with Crippen LogP contribution in [0.1, 0.15) is 53.0 Å². The van der Waals surface area contributed by atoms with E-state index in [1.54, 1.807) is 0 Å². The Morgan fingerprint density at radius 1 is 1.16 bits per heavy atom. The van der Waals surface area contributed by atoms with Crippen molar-refractivity contribution in [3.63, 3.8) is 0 Å². The van der Waals surface area contributed by atoms with Gasteiger partial charge >= 0.3 is 0 Å². The molecule has 0 amide bonds. The largest absolute Gasteiger partial charge is 0.368 e. The molecule has 3 radical (unpaired) electrons. The summed E-state index contributed by atoms with van der Waals surface area (Å²) in [5, 5.41) is 0. The van der Waals surface area contributed by atoms with Crippen LogP contribution in [0.15, 0.2) is 30.3 Å². The molecule has 2 aliphatic heterocycles. The zero-order chi connectivity index (χ0) is 17.2. The first-order chi connectivity index (χ1) is 11.3. The molecule has 0 spiro atoms. The third-order valence-electron chi connectivity index (χ3n) is 7.70. The van der Waals surface area contributed by atoms with Crippen molar-refractivity contribution in [1.29, 1.82) is 0 Å². The van der Waals surface area contributed by atoms with Gasteiger partial charge in [0.25, 0.3) is 0 Å². The van der Waals surface area contributed by atoms with Crippen molar-refractivity contribution in [3.05, 3.63) is 35.9 Å². The lowest BCUT2D eigenvalue weighted by atomic mass is 9.65. The van der Waals surface area contributed by atoms with Crippen LogP contribution in [-0.2, 0) is 11.3 Å². The maximum absolute atomic E-state index is 6.87. The standard InChI is InChI=1S/C22H33NO.B/c1-16-13-23-15-22(20(2,3)4,19-12-11-18(16)21(19,23)5)24-14-17-9-7-6-8-10-17;/h6-10,16,18-19H,11-15H2,1-5H3;/t16-,18+,19+,21-,22-;/m1./s1. The van der Waals surface area contributed by atoms with E-state index in [1.807, 2.05) is 0 Å². The Balaban J connectivity index is 0.00000182. The Morgan fingerprint density at radius 3 is 2.48 bits per heavy atom. The van der Waals surface area contributed by atoms with Crippen molar-refractivity contribution in [1.82, 2.24) is 4.90 Å². The number of ether oxygens (including phenoxy) is 1. The molecule has 135 valence electrons. The Kier molecular flexibility index (Phi) is 4.65. The lowest BCUT2D eigenvalue weighted by Gasteiger charge is -2.47. The molecule has 1 aliphatic carbocycles. The zero-order valence-electron chi connectivity index (χ0n) is 16.6. The molecule has 3 aliphatic rings. The summed E-state index contributed by atoms with van der Waals surface area (Å²) in [6.45, 7) is 15.3. The fourth-order valence-electron chi connectivity index (χ4n) is 6.42. The van der Waals surface area contributed by atoms with E-state index < -0.39 is 0 Å². The van der Waals surface area contributed by atoms with Gasteiger partial charge in [-0.25, -0.2) is 0 Å². The molecule has 2 heterocycles. The molecule has 0 N–H and O–H groups in total. The summed E-state index contributed by atoms with van der Waals surface area (Å²) < 4.78 is 6.87. The molecule has 2 saturated heterocycles. The van der Waals surface area contributed by atoms with E-state index >= 15 is 0 Å². The lowest BCUT2D eigenvalue weighted by molar-refractivity contribution is -0.147. The molecule has 4 rings (SSSR count). The predicted octanol–water partition coefficient (Wildman–Crippen LogP) is 4.36. The molecular formula is C22H33BNO. The summed E-state index contributed by atoms with van der Waals surface area (Å²) in [5.74, 6) is 2.35. The number of rotatable bonds is 3. The summed E-state index contributed by atoms with van der Waals surface area (Å²) >= 11 is 0.